The fourth-order valence-electron chi connectivity index (χ4n) is 1.05. The Kier molecular flexibility index (Phi) is 5.45. The molecule has 0 aliphatic carbocycles. The Morgan fingerprint density at radius 3 is 2.94 bits per heavy atom. The minimum atomic E-state index is -0.125. The van der Waals surface area contributed by atoms with Crippen LogP contribution in [0.2, 0.25) is 5.02 Å². The highest BCUT2D eigenvalue weighted by molar-refractivity contribution is 7.99. The summed E-state index contributed by atoms with van der Waals surface area (Å²) in [5, 5.41) is 11.7. The van der Waals surface area contributed by atoms with Gasteiger partial charge in [0.1, 0.15) is 0 Å². The summed E-state index contributed by atoms with van der Waals surface area (Å²) in [4.78, 5) is 11.4. The minimum absolute atomic E-state index is 0.0752. The number of carbonyl (C=O) groups excluding carboxylic acids is 1. The molecular formula is C10H13ClN2O2S. The second-order valence-corrected chi connectivity index (χ2v) is 4.57. The minimum Gasteiger partial charge on any atom is -0.397 e. The van der Waals surface area contributed by atoms with E-state index in [4.69, 9.17) is 22.4 Å². The van der Waals surface area contributed by atoms with E-state index < -0.39 is 0 Å². The van der Waals surface area contributed by atoms with Gasteiger partial charge in [0.25, 0.3) is 0 Å². The van der Waals surface area contributed by atoms with Crippen LogP contribution in [0.25, 0.3) is 0 Å². The summed E-state index contributed by atoms with van der Waals surface area (Å²) < 4.78 is 0. The second-order valence-electron chi connectivity index (χ2n) is 3.06. The van der Waals surface area contributed by atoms with Crippen LogP contribution >= 0.6 is 23.4 Å². The molecule has 0 saturated heterocycles. The Hall–Kier alpha value is -0.910. The molecule has 0 aromatic heterocycles. The zero-order chi connectivity index (χ0) is 12.0. The highest BCUT2D eigenvalue weighted by atomic mass is 35.5. The van der Waals surface area contributed by atoms with Gasteiger partial charge in [0.15, 0.2) is 0 Å². The number of hydrogen-bond donors (Lipinski definition) is 3. The summed E-state index contributed by atoms with van der Waals surface area (Å²) in [6.45, 7) is 0.0752. The van der Waals surface area contributed by atoms with Gasteiger partial charge >= 0.3 is 0 Å². The number of carbonyl (C=O) groups is 1. The normalized spacial score (nSPS) is 10.1. The van der Waals surface area contributed by atoms with E-state index in [1.54, 1.807) is 18.2 Å². The van der Waals surface area contributed by atoms with Crippen LogP contribution in [-0.2, 0) is 4.79 Å². The zero-order valence-corrected chi connectivity index (χ0v) is 10.1. The first-order chi connectivity index (χ1) is 7.63. The second kappa shape index (κ2) is 6.62. The van der Waals surface area contributed by atoms with Crippen LogP contribution in [0.3, 0.4) is 0 Å². The van der Waals surface area contributed by atoms with Gasteiger partial charge in [0.05, 0.1) is 23.1 Å². The van der Waals surface area contributed by atoms with Gasteiger partial charge in [0.2, 0.25) is 5.91 Å². The third-order valence-electron chi connectivity index (χ3n) is 1.75. The zero-order valence-electron chi connectivity index (χ0n) is 8.57. The lowest BCUT2D eigenvalue weighted by Gasteiger charge is -2.06. The third-order valence-corrected chi connectivity index (χ3v) is 3.03. The van der Waals surface area contributed by atoms with Crippen molar-refractivity contribution in [3.05, 3.63) is 23.2 Å². The van der Waals surface area contributed by atoms with Crippen molar-refractivity contribution in [3.8, 4) is 0 Å². The van der Waals surface area contributed by atoms with E-state index >= 15 is 0 Å². The fourth-order valence-corrected chi connectivity index (χ4v) is 1.70. The highest BCUT2D eigenvalue weighted by Gasteiger charge is 2.03. The quantitative estimate of drug-likeness (QED) is 0.555. The van der Waals surface area contributed by atoms with Gasteiger partial charge in [-0.05, 0) is 18.2 Å². The van der Waals surface area contributed by atoms with Gasteiger partial charge in [-0.25, -0.2) is 0 Å². The number of nitrogens with two attached hydrogens (primary N) is 1. The van der Waals surface area contributed by atoms with Crippen LogP contribution in [-0.4, -0.2) is 29.1 Å². The van der Waals surface area contributed by atoms with Crippen LogP contribution in [0.4, 0.5) is 11.4 Å². The maximum Gasteiger partial charge on any atom is 0.234 e. The van der Waals surface area contributed by atoms with E-state index in [2.05, 4.69) is 5.32 Å². The van der Waals surface area contributed by atoms with Gasteiger partial charge in [-0.3, -0.25) is 4.79 Å². The molecule has 88 valence electrons. The van der Waals surface area contributed by atoms with E-state index in [-0.39, 0.29) is 12.5 Å². The number of benzene rings is 1. The Morgan fingerprint density at radius 1 is 1.56 bits per heavy atom. The molecule has 0 spiro atoms. The largest absolute Gasteiger partial charge is 0.397 e. The highest BCUT2D eigenvalue weighted by Crippen LogP contribution is 2.22. The Morgan fingerprint density at radius 2 is 2.31 bits per heavy atom. The van der Waals surface area contributed by atoms with Crippen molar-refractivity contribution >= 4 is 40.6 Å². The van der Waals surface area contributed by atoms with Gasteiger partial charge in [-0.15, -0.1) is 11.8 Å². The standard InChI is InChI=1S/C10H13ClN2O2S/c11-8-2-1-7(5-9(8)12)13-10(15)6-16-4-3-14/h1-2,5,14H,3-4,6,12H2,(H,13,15). The maximum atomic E-state index is 11.4. The topological polar surface area (TPSA) is 75.3 Å². The molecule has 1 aromatic carbocycles. The van der Waals surface area contributed by atoms with Crippen LogP contribution in [0.15, 0.2) is 18.2 Å². The van der Waals surface area contributed by atoms with Crippen molar-refractivity contribution in [2.24, 2.45) is 0 Å². The fraction of sp³-hybridized carbons (Fsp3) is 0.300. The predicted octanol–water partition coefficient (Wildman–Crippen LogP) is 1.59. The molecule has 0 bridgehead atoms. The van der Waals surface area contributed by atoms with Crippen molar-refractivity contribution in [1.82, 2.24) is 0 Å². The number of thioether (sulfide) groups is 1. The SMILES string of the molecule is Nc1cc(NC(=O)CSCCO)ccc1Cl. The van der Waals surface area contributed by atoms with Crippen LogP contribution < -0.4 is 11.1 Å². The molecule has 4 N–H and O–H groups in total. The number of amides is 1. The Balaban J connectivity index is 2.46. The van der Waals surface area contributed by atoms with Gasteiger partial charge < -0.3 is 16.2 Å². The van der Waals surface area contributed by atoms with E-state index in [0.29, 0.717) is 27.9 Å². The summed E-state index contributed by atoms with van der Waals surface area (Å²) in [6.07, 6.45) is 0. The summed E-state index contributed by atoms with van der Waals surface area (Å²) in [5.41, 5.74) is 6.65. The number of rotatable bonds is 5. The smallest absolute Gasteiger partial charge is 0.234 e. The molecule has 0 aliphatic heterocycles. The average molecular weight is 261 g/mol. The number of aliphatic hydroxyl groups is 1. The molecule has 6 heteroatoms. The molecule has 0 fully saturated rings. The lowest BCUT2D eigenvalue weighted by Crippen LogP contribution is -2.14. The number of nitrogens with one attached hydrogen (secondary N) is 1. The molecule has 1 amide bonds. The first kappa shape index (κ1) is 13.2. The molecular weight excluding hydrogens is 248 g/mol. The molecule has 1 rings (SSSR count). The van der Waals surface area contributed by atoms with Crippen molar-refractivity contribution in [3.63, 3.8) is 0 Å². The first-order valence-electron chi connectivity index (χ1n) is 4.67. The maximum absolute atomic E-state index is 11.4. The molecule has 1 aromatic rings. The number of anilines is 2. The molecule has 0 saturated carbocycles. The van der Waals surface area contributed by atoms with Gasteiger partial charge in [-0.1, -0.05) is 11.6 Å². The molecule has 0 unspecified atom stereocenters. The van der Waals surface area contributed by atoms with Crippen LogP contribution in [0.5, 0.6) is 0 Å². The van der Waals surface area contributed by atoms with Gasteiger partial charge in [0, 0.05) is 11.4 Å². The van der Waals surface area contributed by atoms with Crippen molar-refractivity contribution < 1.29 is 9.90 Å². The number of hydrogen-bond acceptors (Lipinski definition) is 4. The molecule has 0 aliphatic rings. The van der Waals surface area contributed by atoms with Crippen molar-refractivity contribution in [1.29, 1.82) is 0 Å². The molecule has 0 heterocycles. The molecule has 0 radical (unpaired) electrons. The van der Waals surface area contributed by atoms with E-state index in [9.17, 15) is 4.79 Å². The summed E-state index contributed by atoms with van der Waals surface area (Å²) in [7, 11) is 0. The first-order valence-corrected chi connectivity index (χ1v) is 6.20. The lowest BCUT2D eigenvalue weighted by molar-refractivity contribution is -0.113. The number of nitrogen functional groups attached to an aromatic ring is 1. The number of halogens is 1. The number of aliphatic hydroxyl groups excluding tert-OH is 1. The predicted molar refractivity (Wildman–Crippen MR) is 68.9 cm³/mol. The molecule has 4 nitrogen and oxygen atoms in total. The summed E-state index contributed by atoms with van der Waals surface area (Å²) in [5.74, 6) is 0.736. The van der Waals surface area contributed by atoms with Crippen LogP contribution in [0.1, 0.15) is 0 Å². The average Bonchev–Trinajstić information content (AvgIpc) is 2.24. The lowest BCUT2D eigenvalue weighted by atomic mass is 10.3. The molecule has 0 atom stereocenters. The van der Waals surface area contributed by atoms with Gasteiger partial charge in [-0.2, -0.15) is 0 Å². The monoisotopic (exact) mass is 260 g/mol. The Bertz CT molecular complexity index is 374. The third kappa shape index (κ3) is 4.30. The van der Waals surface area contributed by atoms with Crippen LogP contribution in [0, 0.1) is 0 Å². The van der Waals surface area contributed by atoms with Crippen molar-refractivity contribution in [2.45, 2.75) is 0 Å². The summed E-state index contributed by atoms with van der Waals surface area (Å²) in [6, 6.07) is 4.93. The van der Waals surface area contributed by atoms with Crippen molar-refractivity contribution in [2.75, 3.05) is 29.2 Å². The van der Waals surface area contributed by atoms with E-state index in [0.717, 1.165) is 0 Å². The summed E-state index contributed by atoms with van der Waals surface area (Å²) >= 11 is 7.12. The Labute approximate surface area is 103 Å². The van der Waals surface area contributed by atoms with E-state index in [1.165, 1.54) is 11.8 Å². The molecule has 16 heavy (non-hydrogen) atoms. The van der Waals surface area contributed by atoms with E-state index in [1.807, 2.05) is 0 Å².